The lowest BCUT2D eigenvalue weighted by Gasteiger charge is -2.18. The number of carboxylic acids is 1. The summed E-state index contributed by atoms with van der Waals surface area (Å²) in [7, 11) is 0. The molecule has 0 aromatic heterocycles. The summed E-state index contributed by atoms with van der Waals surface area (Å²) < 4.78 is 57.0. The lowest BCUT2D eigenvalue weighted by molar-refractivity contribution is -0.274. The van der Waals surface area contributed by atoms with Crippen molar-refractivity contribution < 1.29 is 42.0 Å². The van der Waals surface area contributed by atoms with Crippen LogP contribution in [0.4, 0.5) is 13.2 Å². The first-order chi connectivity index (χ1) is 14.7. The summed E-state index contributed by atoms with van der Waals surface area (Å²) in [6.45, 7) is 3.99. The zero-order valence-corrected chi connectivity index (χ0v) is 17.8. The van der Waals surface area contributed by atoms with Gasteiger partial charge in [-0.2, -0.15) is 0 Å². The van der Waals surface area contributed by atoms with Gasteiger partial charge in [-0.1, -0.05) is 0 Å². The fraction of sp³-hybridized carbons (Fsp3) is 0.381. The average molecular weight is 460 g/mol. The number of aryl methyl sites for hydroxylation is 1. The van der Waals surface area contributed by atoms with Gasteiger partial charge in [0.05, 0.1) is 0 Å². The van der Waals surface area contributed by atoms with Crippen LogP contribution in [-0.2, 0) is 9.53 Å². The first-order valence-corrected chi connectivity index (χ1v) is 10.3. The van der Waals surface area contributed by atoms with Crippen LogP contribution in [0.15, 0.2) is 47.4 Å². The maximum atomic E-state index is 12.2. The molecule has 0 saturated carbocycles. The molecule has 2 aromatic rings. The maximum absolute atomic E-state index is 12.2. The Balaban J connectivity index is 1.87. The minimum Gasteiger partial charge on any atom is -0.491 e. The van der Waals surface area contributed by atoms with Crippen molar-refractivity contribution in [3.63, 3.8) is 0 Å². The monoisotopic (exact) mass is 460 g/mol. The van der Waals surface area contributed by atoms with Crippen molar-refractivity contribution in [2.24, 2.45) is 0 Å². The Morgan fingerprint density at radius 1 is 1.10 bits per heavy atom. The second-order valence-corrected chi connectivity index (χ2v) is 7.42. The number of carbonyl (C=O) groups is 1. The van der Waals surface area contributed by atoms with E-state index >= 15 is 0 Å². The predicted molar refractivity (Wildman–Crippen MR) is 109 cm³/mol. The molecule has 6 nitrogen and oxygen atoms in total. The first kappa shape index (κ1) is 24.7. The molecule has 0 heterocycles. The van der Waals surface area contributed by atoms with Crippen molar-refractivity contribution in [2.75, 3.05) is 25.6 Å². The number of benzene rings is 2. The Morgan fingerprint density at radius 3 is 2.35 bits per heavy atom. The molecule has 170 valence electrons. The number of rotatable bonds is 12. The summed E-state index contributed by atoms with van der Waals surface area (Å²) in [5.41, 5.74) is 0.816. The number of carboxylic acid groups (broad SMARTS) is 1. The Labute approximate surface area is 182 Å². The van der Waals surface area contributed by atoms with E-state index in [1.165, 1.54) is 36.0 Å². The van der Waals surface area contributed by atoms with Gasteiger partial charge in [-0.15, -0.1) is 24.9 Å². The molecule has 0 unspecified atom stereocenters. The SMILES string of the molecule is CCO[C@@H](COc1ccc(OC(F)(F)F)cc1)CSc1ccc(OCC(=O)O)c(C)c1. The molecule has 0 bridgehead atoms. The molecule has 1 N–H and O–H groups in total. The quantitative estimate of drug-likeness (QED) is 0.450. The molecule has 0 aliphatic rings. The molecule has 10 heteroatoms. The fourth-order valence-electron chi connectivity index (χ4n) is 2.51. The molecule has 2 aromatic carbocycles. The summed E-state index contributed by atoms with van der Waals surface area (Å²) in [5, 5.41) is 8.70. The van der Waals surface area contributed by atoms with Crippen molar-refractivity contribution in [1.29, 1.82) is 0 Å². The van der Waals surface area contributed by atoms with E-state index in [0.29, 0.717) is 23.9 Å². The van der Waals surface area contributed by atoms with Gasteiger partial charge in [0.1, 0.15) is 30.0 Å². The second kappa shape index (κ2) is 11.7. The number of hydrogen-bond acceptors (Lipinski definition) is 6. The van der Waals surface area contributed by atoms with E-state index in [-0.39, 0.29) is 18.5 Å². The van der Waals surface area contributed by atoms with Crippen LogP contribution in [0.25, 0.3) is 0 Å². The van der Waals surface area contributed by atoms with Crippen LogP contribution in [0, 0.1) is 6.92 Å². The molecule has 0 fully saturated rings. The summed E-state index contributed by atoms with van der Waals surface area (Å²) >= 11 is 1.54. The fourth-order valence-corrected chi connectivity index (χ4v) is 3.50. The van der Waals surface area contributed by atoms with Gasteiger partial charge in [0.2, 0.25) is 0 Å². The Bertz CT molecular complexity index is 842. The normalized spacial score (nSPS) is 12.3. The van der Waals surface area contributed by atoms with Crippen molar-refractivity contribution >= 4 is 17.7 Å². The van der Waals surface area contributed by atoms with E-state index < -0.39 is 18.9 Å². The van der Waals surface area contributed by atoms with E-state index in [2.05, 4.69) is 4.74 Å². The number of aliphatic carboxylic acids is 1. The van der Waals surface area contributed by atoms with Crippen molar-refractivity contribution in [3.8, 4) is 17.2 Å². The molecule has 0 aliphatic heterocycles. The molecule has 0 saturated heterocycles. The highest BCUT2D eigenvalue weighted by atomic mass is 32.2. The van der Waals surface area contributed by atoms with Crippen LogP contribution >= 0.6 is 11.8 Å². The van der Waals surface area contributed by atoms with Gasteiger partial charge in [-0.3, -0.25) is 0 Å². The van der Waals surface area contributed by atoms with Gasteiger partial charge in [-0.25, -0.2) is 4.79 Å². The lowest BCUT2D eigenvalue weighted by Crippen LogP contribution is -2.24. The summed E-state index contributed by atoms with van der Waals surface area (Å²) in [4.78, 5) is 11.6. The van der Waals surface area contributed by atoms with Crippen LogP contribution in [-0.4, -0.2) is 49.1 Å². The summed E-state index contributed by atoms with van der Waals surface area (Å²) in [6.07, 6.45) is -4.98. The highest BCUT2D eigenvalue weighted by molar-refractivity contribution is 7.99. The number of ether oxygens (including phenoxy) is 4. The van der Waals surface area contributed by atoms with Gasteiger partial charge in [0.25, 0.3) is 0 Å². The molecular formula is C21H23F3O6S. The van der Waals surface area contributed by atoms with Gasteiger partial charge in [0.15, 0.2) is 6.61 Å². The standard InChI is InChI=1S/C21H23F3O6S/c1-3-27-17(11-28-15-4-6-16(7-5-15)30-21(22,23)24)13-31-18-8-9-19(14(2)10-18)29-12-20(25)26/h4-10,17H,3,11-13H2,1-2H3,(H,25,26)/t17-/m0/s1. The maximum Gasteiger partial charge on any atom is 0.573 e. The third-order valence-corrected chi connectivity index (χ3v) is 4.95. The van der Waals surface area contributed by atoms with Crippen molar-refractivity contribution in [1.82, 2.24) is 0 Å². The Kier molecular flexibility index (Phi) is 9.32. The number of alkyl halides is 3. The molecule has 0 aliphatic carbocycles. The van der Waals surface area contributed by atoms with Gasteiger partial charge >= 0.3 is 12.3 Å². The number of halogens is 3. The molecular weight excluding hydrogens is 437 g/mol. The number of thioether (sulfide) groups is 1. The van der Waals surface area contributed by atoms with Crippen LogP contribution in [0.1, 0.15) is 12.5 Å². The average Bonchev–Trinajstić information content (AvgIpc) is 2.69. The molecule has 0 amide bonds. The van der Waals surface area contributed by atoms with E-state index in [0.717, 1.165) is 10.5 Å². The van der Waals surface area contributed by atoms with Crippen molar-refractivity contribution in [2.45, 2.75) is 31.2 Å². The van der Waals surface area contributed by atoms with Gasteiger partial charge in [-0.05, 0) is 61.9 Å². The van der Waals surface area contributed by atoms with E-state index in [1.807, 2.05) is 26.0 Å². The Hall–Kier alpha value is -2.59. The molecule has 0 spiro atoms. The Morgan fingerprint density at radius 2 is 1.77 bits per heavy atom. The molecule has 0 radical (unpaired) electrons. The van der Waals surface area contributed by atoms with E-state index in [9.17, 15) is 18.0 Å². The first-order valence-electron chi connectivity index (χ1n) is 9.34. The molecule has 31 heavy (non-hydrogen) atoms. The minimum atomic E-state index is -4.74. The van der Waals surface area contributed by atoms with Crippen molar-refractivity contribution in [3.05, 3.63) is 48.0 Å². The third-order valence-electron chi connectivity index (χ3n) is 3.83. The van der Waals surface area contributed by atoms with Crippen LogP contribution in [0.5, 0.6) is 17.2 Å². The zero-order chi connectivity index (χ0) is 22.9. The predicted octanol–water partition coefficient (Wildman–Crippen LogP) is 4.93. The summed E-state index contributed by atoms with van der Waals surface area (Å²) in [5.74, 6) is 0.134. The second-order valence-electron chi connectivity index (χ2n) is 6.33. The molecule has 1 atom stereocenters. The lowest BCUT2D eigenvalue weighted by atomic mass is 10.2. The van der Waals surface area contributed by atoms with Gasteiger partial charge in [0, 0.05) is 17.3 Å². The highest BCUT2D eigenvalue weighted by Gasteiger charge is 2.31. The van der Waals surface area contributed by atoms with Crippen LogP contribution in [0.3, 0.4) is 0 Å². The van der Waals surface area contributed by atoms with E-state index in [4.69, 9.17) is 19.3 Å². The largest absolute Gasteiger partial charge is 0.573 e. The zero-order valence-electron chi connectivity index (χ0n) is 17.0. The summed E-state index contributed by atoms with van der Waals surface area (Å²) in [6, 6.07) is 10.6. The van der Waals surface area contributed by atoms with Crippen LogP contribution < -0.4 is 14.2 Å². The smallest absolute Gasteiger partial charge is 0.491 e. The minimum absolute atomic E-state index is 0.221. The third kappa shape index (κ3) is 9.39. The van der Waals surface area contributed by atoms with E-state index in [1.54, 1.807) is 6.07 Å². The highest BCUT2D eigenvalue weighted by Crippen LogP contribution is 2.27. The van der Waals surface area contributed by atoms with Crippen LogP contribution in [0.2, 0.25) is 0 Å². The van der Waals surface area contributed by atoms with Gasteiger partial charge < -0.3 is 24.1 Å². The molecule has 2 rings (SSSR count). The number of hydrogen-bond donors (Lipinski definition) is 1. The topological polar surface area (TPSA) is 74.2 Å².